The lowest BCUT2D eigenvalue weighted by molar-refractivity contribution is -0.157. The third-order valence-corrected chi connectivity index (χ3v) is 3.38. The van der Waals surface area contributed by atoms with Crippen molar-refractivity contribution in [2.24, 2.45) is 5.92 Å². The van der Waals surface area contributed by atoms with Crippen LogP contribution in [0.3, 0.4) is 0 Å². The summed E-state index contributed by atoms with van der Waals surface area (Å²) in [5, 5.41) is 6.66. The molecular formula is C13H17F3N4O2. The zero-order chi connectivity index (χ0) is 16.2. The number of aryl methyl sites for hydroxylation is 1. The molecule has 1 fully saturated rings. The van der Waals surface area contributed by atoms with Crippen molar-refractivity contribution < 1.29 is 22.8 Å². The Morgan fingerprint density at radius 3 is 2.86 bits per heavy atom. The van der Waals surface area contributed by atoms with Crippen molar-refractivity contribution in [3.8, 4) is 0 Å². The minimum atomic E-state index is -4.44. The van der Waals surface area contributed by atoms with E-state index in [1.165, 1.54) is 0 Å². The molecule has 1 aliphatic heterocycles. The summed E-state index contributed by atoms with van der Waals surface area (Å²) in [6.07, 6.45) is -0.503. The van der Waals surface area contributed by atoms with Gasteiger partial charge < -0.3 is 10.2 Å². The first kappa shape index (κ1) is 16.3. The quantitative estimate of drug-likeness (QED) is 0.789. The smallest absolute Gasteiger partial charge is 0.356 e. The van der Waals surface area contributed by atoms with Crippen LogP contribution in [0.15, 0.2) is 18.5 Å². The van der Waals surface area contributed by atoms with E-state index in [0.29, 0.717) is 24.4 Å². The molecule has 0 bridgehead atoms. The summed E-state index contributed by atoms with van der Waals surface area (Å²) in [6.45, 7) is -0.446. The van der Waals surface area contributed by atoms with Gasteiger partial charge in [-0.2, -0.15) is 18.3 Å². The third-order valence-electron chi connectivity index (χ3n) is 3.38. The third kappa shape index (κ3) is 4.74. The molecule has 0 aromatic carbocycles. The number of halogens is 3. The number of nitrogens with one attached hydrogen (secondary N) is 1. The Labute approximate surface area is 125 Å². The number of alkyl halides is 3. The summed E-state index contributed by atoms with van der Waals surface area (Å²) in [7, 11) is 0. The zero-order valence-corrected chi connectivity index (χ0v) is 11.8. The van der Waals surface area contributed by atoms with E-state index in [9.17, 15) is 22.8 Å². The predicted molar refractivity (Wildman–Crippen MR) is 70.6 cm³/mol. The van der Waals surface area contributed by atoms with Gasteiger partial charge in [-0.3, -0.25) is 14.3 Å². The molecule has 22 heavy (non-hydrogen) atoms. The maximum Gasteiger partial charge on any atom is 0.406 e. The number of hydrogen-bond donors (Lipinski definition) is 1. The summed E-state index contributed by atoms with van der Waals surface area (Å²) < 4.78 is 38.6. The Morgan fingerprint density at radius 1 is 1.45 bits per heavy atom. The molecule has 1 aliphatic rings. The number of nitrogens with zero attached hydrogens (tertiary/aromatic N) is 3. The molecule has 1 N–H and O–H groups in total. The van der Waals surface area contributed by atoms with Crippen LogP contribution in [0.25, 0.3) is 0 Å². The SMILES string of the molecule is O=C(NCCCn1cccn1)C1CC(=O)N(CC(F)(F)F)C1. The second-order valence-electron chi connectivity index (χ2n) is 5.20. The topological polar surface area (TPSA) is 67.2 Å². The molecule has 0 saturated carbocycles. The van der Waals surface area contributed by atoms with Crippen LogP contribution in [0.1, 0.15) is 12.8 Å². The Morgan fingerprint density at radius 2 is 2.23 bits per heavy atom. The normalized spacial score (nSPS) is 18.8. The Bertz CT molecular complexity index is 516. The summed E-state index contributed by atoms with van der Waals surface area (Å²) >= 11 is 0. The van der Waals surface area contributed by atoms with Crippen molar-refractivity contribution in [1.82, 2.24) is 20.0 Å². The van der Waals surface area contributed by atoms with Crippen molar-refractivity contribution in [1.29, 1.82) is 0 Å². The first-order valence-electron chi connectivity index (χ1n) is 6.95. The van der Waals surface area contributed by atoms with Crippen LogP contribution in [0.5, 0.6) is 0 Å². The van der Waals surface area contributed by atoms with Gasteiger partial charge in [-0.1, -0.05) is 0 Å². The lowest BCUT2D eigenvalue weighted by Gasteiger charge is -2.18. The fourth-order valence-corrected chi connectivity index (χ4v) is 2.35. The fourth-order valence-electron chi connectivity index (χ4n) is 2.35. The van der Waals surface area contributed by atoms with Gasteiger partial charge in [0, 0.05) is 38.4 Å². The average Bonchev–Trinajstić information content (AvgIpc) is 3.04. The van der Waals surface area contributed by atoms with Crippen LogP contribution in [0.4, 0.5) is 13.2 Å². The maximum atomic E-state index is 12.3. The average molecular weight is 318 g/mol. The van der Waals surface area contributed by atoms with Crippen LogP contribution in [0, 0.1) is 5.92 Å². The summed E-state index contributed by atoms with van der Waals surface area (Å²) in [5.74, 6) is -1.72. The predicted octanol–water partition coefficient (Wildman–Crippen LogP) is 0.800. The van der Waals surface area contributed by atoms with Gasteiger partial charge in [0.05, 0.1) is 5.92 Å². The van der Waals surface area contributed by atoms with Gasteiger partial charge in [-0.05, 0) is 12.5 Å². The maximum absolute atomic E-state index is 12.3. The highest BCUT2D eigenvalue weighted by atomic mass is 19.4. The molecule has 1 unspecified atom stereocenters. The summed E-state index contributed by atoms with van der Waals surface area (Å²) in [6, 6.07) is 1.79. The number of carbonyl (C=O) groups excluding carboxylic acids is 2. The van der Waals surface area contributed by atoms with Crippen molar-refractivity contribution in [3.05, 3.63) is 18.5 Å². The van der Waals surface area contributed by atoms with E-state index in [0.717, 1.165) is 0 Å². The molecule has 2 heterocycles. The Balaban J connectivity index is 1.70. The van der Waals surface area contributed by atoms with E-state index in [2.05, 4.69) is 10.4 Å². The van der Waals surface area contributed by atoms with E-state index in [1.807, 2.05) is 0 Å². The van der Waals surface area contributed by atoms with Gasteiger partial charge in [0.15, 0.2) is 0 Å². The van der Waals surface area contributed by atoms with Gasteiger partial charge >= 0.3 is 6.18 Å². The van der Waals surface area contributed by atoms with Gasteiger partial charge in [0.2, 0.25) is 11.8 Å². The minimum absolute atomic E-state index is 0.166. The van der Waals surface area contributed by atoms with E-state index >= 15 is 0 Å². The van der Waals surface area contributed by atoms with Crippen LogP contribution in [-0.4, -0.2) is 52.3 Å². The fraction of sp³-hybridized carbons (Fsp3) is 0.615. The van der Waals surface area contributed by atoms with Gasteiger partial charge in [0.25, 0.3) is 0 Å². The zero-order valence-electron chi connectivity index (χ0n) is 11.8. The van der Waals surface area contributed by atoms with Crippen LogP contribution in [-0.2, 0) is 16.1 Å². The standard InChI is InChI=1S/C13H17F3N4O2/c14-13(15,16)9-19-8-10(7-11(19)21)12(22)17-3-1-5-20-6-2-4-18-20/h2,4,6,10H,1,3,5,7-9H2,(H,17,22). The molecule has 1 aromatic heterocycles. The van der Waals surface area contributed by atoms with Crippen molar-refractivity contribution in [3.63, 3.8) is 0 Å². The molecule has 1 atom stereocenters. The first-order chi connectivity index (χ1) is 10.3. The number of carbonyl (C=O) groups is 2. The van der Waals surface area contributed by atoms with Gasteiger partial charge in [-0.25, -0.2) is 0 Å². The lowest BCUT2D eigenvalue weighted by atomic mass is 10.1. The molecule has 2 amide bonds. The highest BCUT2D eigenvalue weighted by Gasteiger charge is 2.40. The highest BCUT2D eigenvalue weighted by molar-refractivity contribution is 5.89. The molecule has 9 heteroatoms. The molecule has 122 valence electrons. The van der Waals surface area contributed by atoms with E-state index in [-0.39, 0.29) is 18.9 Å². The van der Waals surface area contributed by atoms with Crippen molar-refractivity contribution in [2.75, 3.05) is 19.6 Å². The van der Waals surface area contributed by atoms with E-state index < -0.39 is 24.5 Å². The largest absolute Gasteiger partial charge is 0.406 e. The molecule has 6 nitrogen and oxygen atoms in total. The highest BCUT2D eigenvalue weighted by Crippen LogP contribution is 2.23. The van der Waals surface area contributed by atoms with Crippen LogP contribution in [0.2, 0.25) is 0 Å². The van der Waals surface area contributed by atoms with E-state index in [4.69, 9.17) is 0 Å². The second kappa shape index (κ2) is 6.80. The monoisotopic (exact) mass is 318 g/mol. The summed E-state index contributed by atoms with van der Waals surface area (Å²) in [4.78, 5) is 24.0. The number of hydrogen-bond acceptors (Lipinski definition) is 3. The molecular weight excluding hydrogens is 301 g/mol. The molecule has 1 aromatic rings. The van der Waals surface area contributed by atoms with Crippen molar-refractivity contribution >= 4 is 11.8 Å². The minimum Gasteiger partial charge on any atom is -0.356 e. The number of likely N-dealkylation sites (tertiary alicyclic amines) is 1. The molecule has 0 aliphatic carbocycles. The second-order valence-corrected chi connectivity index (χ2v) is 5.20. The molecule has 0 spiro atoms. The lowest BCUT2D eigenvalue weighted by Crippen LogP contribution is -2.37. The van der Waals surface area contributed by atoms with Crippen LogP contribution < -0.4 is 5.32 Å². The number of aromatic nitrogens is 2. The Kier molecular flexibility index (Phi) is 5.04. The van der Waals surface area contributed by atoms with Gasteiger partial charge in [-0.15, -0.1) is 0 Å². The van der Waals surface area contributed by atoms with Gasteiger partial charge in [0.1, 0.15) is 6.54 Å². The number of rotatable bonds is 6. The number of amides is 2. The molecule has 0 radical (unpaired) electrons. The summed E-state index contributed by atoms with van der Waals surface area (Å²) in [5.41, 5.74) is 0. The first-order valence-corrected chi connectivity index (χ1v) is 6.95. The Hall–Kier alpha value is -2.06. The molecule has 2 rings (SSSR count). The van der Waals surface area contributed by atoms with Crippen molar-refractivity contribution in [2.45, 2.75) is 25.6 Å². The van der Waals surface area contributed by atoms with E-state index in [1.54, 1.807) is 23.1 Å². The van der Waals surface area contributed by atoms with Crippen LogP contribution >= 0.6 is 0 Å². The molecule has 1 saturated heterocycles.